The van der Waals surface area contributed by atoms with Crippen molar-refractivity contribution >= 4 is 21.9 Å². The van der Waals surface area contributed by atoms with Crippen molar-refractivity contribution in [1.82, 2.24) is 10.2 Å². The number of β-amino-alcohol motifs (C(OH)–C–C–N with tert-alkyl or cyclic N) is 1. The minimum atomic E-state index is -0.269. The number of ether oxygens (including phenoxy) is 2. The van der Waals surface area contributed by atoms with Gasteiger partial charge in [0.2, 0.25) is 0 Å². The highest BCUT2D eigenvalue weighted by Crippen LogP contribution is 2.36. The molecule has 1 saturated heterocycles. The number of methoxy groups -OCH3 is 2. The lowest BCUT2D eigenvalue weighted by molar-refractivity contribution is 0.188. The van der Waals surface area contributed by atoms with Gasteiger partial charge < -0.3 is 24.8 Å². The molecule has 1 fully saturated rings. The number of nitrogens with one attached hydrogen (secondary N) is 1. The van der Waals surface area contributed by atoms with Crippen LogP contribution in [0.5, 0.6) is 11.5 Å². The average molecular weight is 386 g/mol. The molecule has 0 radical (unpaired) electrons. The molecule has 1 aromatic carbocycles. The Hall–Kier alpha value is -1.47. The second kappa shape index (κ2) is 8.40. The fraction of sp³-hybridized carbons (Fsp3) is 0.562. The zero-order valence-electron chi connectivity index (χ0n) is 13.8. The number of rotatable bonds is 5. The van der Waals surface area contributed by atoms with Crippen LogP contribution < -0.4 is 14.8 Å². The summed E-state index contributed by atoms with van der Waals surface area (Å²) in [5, 5.41) is 13.0. The molecular weight excluding hydrogens is 362 g/mol. The first-order chi connectivity index (χ1) is 11.1. The molecule has 1 heterocycles. The Morgan fingerprint density at radius 1 is 1.43 bits per heavy atom. The van der Waals surface area contributed by atoms with E-state index in [1.54, 1.807) is 14.2 Å². The fourth-order valence-electron chi connectivity index (χ4n) is 2.59. The summed E-state index contributed by atoms with van der Waals surface area (Å²) < 4.78 is 11.5. The number of halogens is 1. The fourth-order valence-corrected chi connectivity index (χ4v) is 3.24. The zero-order chi connectivity index (χ0) is 16.8. The van der Waals surface area contributed by atoms with Crippen LogP contribution in [0.15, 0.2) is 21.6 Å². The molecule has 0 amide bonds. The maximum atomic E-state index is 9.70. The second-order valence-corrected chi connectivity index (χ2v) is 6.23. The Balaban J connectivity index is 2.17. The molecule has 0 aromatic heterocycles. The van der Waals surface area contributed by atoms with Gasteiger partial charge >= 0.3 is 0 Å². The van der Waals surface area contributed by atoms with Gasteiger partial charge in [-0.2, -0.15) is 0 Å². The average Bonchev–Trinajstić information content (AvgIpc) is 2.97. The van der Waals surface area contributed by atoms with Gasteiger partial charge in [-0.1, -0.05) is 0 Å². The normalized spacial score (nSPS) is 18.2. The van der Waals surface area contributed by atoms with Gasteiger partial charge in [0.25, 0.3) is 0 Å². The van der Waals surface area contributed by atoms with Crippen molar-refractivity contribution < 1.29 is 14.6 Å². The van der Waals surface area contributed by atoms with Crippen LogP contribution in [0.3, 0.4) is 0 Å². The lowest BCUT2D eigenvalue weighted by atomic mass is 10.2. The molecule has 2 N–H and O–H groups in total. The number of aliphatic hydroxyl groups is 1. The first-order valence-corrected chi connectivity index (χ1v) is 8.50. The topological polar surface area (TPSA) is 66.3 Å². The number of hydrogen-bond acceptors (Lipinski definition) is 4. The van der Waals surface area contributed by atoms with Crippen molar-refractivity contribution in [2.45, 2.75) is 26.0 Å². The Kier molecular flexibility index (Phi) is 6.53. The van der Waals surface area contributed by atoms with E-state index < -0.39 is 0 Å². The third-order valence-corrected chi connectivity index (χ3v) is 4.29. The van der Waals surface area contributed by atoms with Crippen LogP contribution in [0.25, 0.3) is 0 Å². The quantitative estimate of drug-likeness (QED) is 0.599. The monoisotopic (exact) mass is 385 g/mol. The van der Waals surface area contributed by atoms with Crippen LogP contribution in [0.2, 0.25) is 0 Å². The molecule has 1 atom stereocenters. The smallest absolute Gasteiger partial charge is 0.194 e. The van der Waals surface area contributed by atoms with Gasteiger partial charge in [-0.25, -0.2) is 4.99 Å². The van der Waals surface area contributed by atoms with Crippen LogP contribution in [0.4, 0.5) is 0 Å². The standard InChI is InChI=1S/C16H24BrN3O3/c1-4-18-16(20-6-5-12(21)10-20)19-9-11-7-13(17)15(23-3)14(8-11)22-2/h7-8,12,21H,4-6,9-10H2,1-3H3,(H,18,19)/t12-/m1/s1. The number of nitrogens with zero attached hydrogens (tertiary/aromatic N) is 2. The molecule has 0 unspecified atom stereocenters. The molecule has 0 aliphatic carbocycles. The summed E-state index contributed by atoms with van der Waals surface area (Å²) in [4.78, 5) is 6.76. The molecule has 1 aliphatic heterocycles. The van der Waals surface area contributed by atoms with Gasteiger partial charge in [0, 0.05) is 19.6 Å². The Labute approximate surface area is 145 Å². The summed E-state index contributed by atoms with van der Waals surface area (Å²) in [6, 6.07) is 3.91. The van der Waals surface area contributed by atoms with E-state index in [1.165, 1.54) is 0 Å². The predicted octanol–water partition coefficient (Wildman–Crippen LogP) is 2.00. The van der Waals surface area contributed by atoms with E-state index >= 15 is 0 Å². The molecule has 6 nitrogen and oxygen atoms in total. The van der Waals surface area contributed by atoms with Crippen molar-refractivity contribution in [1.29, 1.82) is 0 Å². The zero-order valence-corrected chi connectivity index (χ0v) is 15.4. The number of guanidine groups is 1. The van der Waals surface area contributed by atoms with Crippen LogP contribution in [-0.4, -0.2) is 55.9 Å². The van der Waals surface area contributed by atoms with Crippen LogP contribution in [0, 0.1) is 0 Å². The highest BCUT2D eigenvalue weighted by molar-refractivity contribution is 9.10. The Morgan fingerprint density at radius 2 is 2.22 bits per heavy atom. The third kappa shape index (κ3) is 4.51. The first-order valence-electron chi connectivity index (χ1n) is 7.70. The summed E-state index contributed by atoms with van der Waals surface area (Å²) in [5.74, 6) is 2.18. The van der Waals surface area contributed by atoms with Crippen molar-refractivity contribution in [3.63, 3.8) is 0 Å². The van der Waals surface area contributed by atoms with E-state index in [0.717, 1.165) is 35.5 Å². The predicted molar refractivity (Wildman–Crippen MR) is 94.3 cm³/mol. The van der Waals surface area contributed by atoms with Crippen LogP contribution in [0.1, 0.15) is 18.9 Å². The van der Waals surface area contributed by atoms with Gasteiger partial charge in [-0.15, -0.1) is 0 Å². The molecule has 23 heavy (non-hydrogen) atoms. The van der Waals surface area contributed by atoms with Crippen molar-refractivity contribution in [3.8, 4) is 11.5 Å². The summed E-state index contributed by atoms with van der Waals surface area (Å²) in [6.07, 6.45) is 0.515. The van der Waals surface area contributed by atoms with Gasteiger partial charge in [0.15, 0.2) is 17.5 Å². The summed E-state index contributed by atoms with van der Waals surface area (Å²) >= 11 is 3.50. The largest absolute Gasteiger partial charge is 0.493 e. The van der Waals surface area contributed by atoms with E-state index in [0.29, 0.717) is 24.6 Å². The highest BCUT2D eigenvalue weighted by atomic mass is 79.9. The van der Waals surface area contributed by atoms with Gasteiger partial charge in [-0.3, -0.25) is 0 Å². The summed E-state index contributed by atoms with van der Waals surface area (Å²) in [5.41, 5.74) is 1.02. The van der Waals surface area contributed by atoms with Gasteiger partial charge in [0.05, 0.1) is 31.3 Å². The molecule has 0 bridgehead atoms. The van der Waals surface area contributed by atoms with E-state index in [-0.39, 0.29) is 6.10 Å². The molecule has 0 spiro atoms. The summed E-state index contributed by atoms with van der Waals surface area (Å²) in [7, 11) is 3.23. The maximum Gasteiger partial charge on any atom is 0.194 e. The van der Waals surface area contributed by atoms with Crippen LogP contribution in [-0.2, 0) is 6.54 Å². The second-order valence-electron chi connectivity index (χ2n) is 5.37. The summed E-state index contributed by atoms with van der Waals surface area (Å²) in [6.45, 7) is 4.80. The van der Waals surface area contributed by atoms with E-state index in [2.05, 4.69) is 31.1 Å². The molecule has 2 rings (SSSR count). The third-order valence-electron chi connectivity index (χ3n) is 3.70. The Morgan fingerprint density at radius 3 is 2.78 bits per heavy atom. The number of aliphatic hydroxyl groups excluding tert-OH is 1. The van der Waals surface area contributed by atoms with Crippen molar-refractivity contribution in [2.75, 3.05) is 33.9 Å². The minimum Gasteiger partial charge on any atom is -0.493 e. The van der Waals surface area contributed by atoms with Gasteiger partial charge in [-0.05, 0) is 47.0 Å². The number of likely N-dealkylation sites (tertiary alicyclic amines) is 1. The minimum absolute atomic E-state index is 0.269. The molecule has 128 valence electrons. The van der Waals surface area contributed by atoms with E-state index in [9.17, 15) is 5.11 Å². The number of hydrogen-bond donors (Lipinski definition) is 2. The van der Waals surface area contributed by atoms with Crippen LogP contribution >= 0.6 is 15.9 Å². The lowest BCUT2D eigenvalue weighted by Gasteiger charge is -2.21. The van der Waals surface area contributed by atoms with Gasteiger partial charge in [0.1, 0.15) is 0 Å². The molecular formula is C16H24BrN3O3. The first kappa shape index (κ1) is 17.9. The van der Waals surface area contributed by atoms with Crippen molar-refractivity contribution in [3.05, 3.63) is 22.2 Å². The molecule has 7 heteroatoms. The molecule has 1 aromatic rings. The SMILES string of the molecule is CCNC(=NCc1cc(Br)c(OC)c(OC)c1)N1CC[C@@H](O)C1. The number of benzene rings is 1. The van der Waals surface area contributed by atoms with Crippen molar-refractivity contribution in [2.24, 2.45) is 4.99 Å². The molecule has 0 saturated carbocycles. The van der Waals surface area contributed by atoms with E-state index in [1.807, 2.05) is 19.1 Å². The number of aliphatic imine (C=N–C) groups is 1. The Bertz CT molecular complexity index is 566. The highest BCUT2D eigenvalue weighted by Gasteiger charge is 2.22. The maximum absolute atomic E-state index is 9.70. The molecule has 1 aliphatic rings. The van der Waals surface area contributed by atoms with E-state index in [4.69, 9.17) is 9.47 Å². The lowest BCUT2D eigenvalue weighted by Crippen LogP contribution is -2.40.